The van der Waals surface area contributed by atoms with E-state index in [1.165, 1.54) is 21.6 Å². The molecule has 0 fully saturated rings. The quantitative estimate of drug-likeness (QED) is 0.457. The van der Waals surface area contributed by atoms with Crippen molar-refractivity contribution in [2.24, 2.45) is 21.6 Å². The Morgan fingerprint density at radius 3 is 2.72 bits per heavy atom. The monoisotopic (exact) mass is 437 g/mol. The Balaban J connectivity index is 1.41. The van der Waals surface area contributed by atoms with Crippen molar-refractivity contribution < 1.29 is 0 Å². The molecule has 3 unspecified atom stereocenters. The lowest BCUT2D eigenvalue weighted by atomic mass is 9.92. The van der Waals surface area contributed by atoms with Crippen molar-refractivity contribution >= 4 is 23.4 Å². The summed E-state index contributed by atoms with van der Waals surface area (Å²) in [5.74, 6) is 1.93. The summed E-state index contributed by atoms with van der Waals surface area (Å²) in [5.41, 5.74) is 11.2. The summed E-state index contributed by atoms with van der Waals surface area (Å²) in [5, 5.41) is 0.516. The summed E-state index contributed by atoms with van der Waals surface area (Å²) in [7, 11) is 0. The van der Waals surface area contributed by atoms with E-state index in [1.54, 1.807) is 0 Å². The first-order valence-corrected chi connectivity index (χ1v) is 12.0. The first kappa shape index (κ1) is 20.8. The number of thioether (sulfide) groups is 1. The highest BCUT2D eigenvalue weighted by Crippen LogP contribution is 2.48. The minimum Gasteiger partial charge on any atom is -0.383 e. The number of nitrogens with two attached hydrogens (primary N) is 1. The van der Waals surface area contributed by atoms with E-state index in [9.17, 15) is 0 Å². The topological polar surface area (TPSA) is 50.7 Å². The van der Waals surface area contributed by atoms with E-state index in [0.29, 0.717) is 23.5 Å². The van der Waals surface area contributed by atoms with Crippen LogP contribution in [0.1, 0.15) is 36.0 Å². The third-order valence-corrected chi connectivity index (χ3v) is 7.46. The highest BCUT2D eigenvalue weighted by molar-refractivity contribution is 8.00. The summed E-state index contributed by atoms with van der Waals surface area (Å²) in [6.45, 7) is 2.72. The zero-order valence-corrected chi connectivity index (χ0v) is 19.0. The molecule has 0 aromatic heterocycles. The van der Waals surface area contributed by atoms with Gasteiger partial charge in [0.05, 0.1) is 6.54 Å². The predicted molar refractivity (Wildman–Crippen MR) is 136 cm³/mol. The van der Waals surface area contributed by atoms with Crippen molar-refractivity contribution in [1.29, 1.82) is 0 Å². The standard InChI is InChI=1S/C28H27N3S/c1-19-11-14-22(15-12-19)28(31-27(29)21-7-3-2-4-8-21)30-18-20-13-16-24-23-9-5-6-10-25(23)32-26(24)17-20/h2-14,16-17,22-23,25H,15,18H2,1H3,(H2,29,30,31). The number of nitrogens with zero attached hydrogens (tertiary/aromatic N) is 2. The van der Waals surface area contributed by atoms with Gasteiger partial charge in [0.25, 0.3) is 0 Å². The van der Waals surface area contributed by atoms with Crippen molar-refractivity contribution in [3.8, 4) is 0 Å². The molecule has 5 rings (SSSR count). The third kappa shape index (κ3) is 4.42. The van der Waals surface area contributed by atoms with Gasteiger partial charge in [0.2, 0.25) is 0 Å². The Kier molecular flexibility index (Phi) is 5.95. The third-order valence-electron chi connectivity index (χ3n) is 6.13. The van der Waals surface area contributed by atoms with Gasteiger partial charge in [-0.3, -0.25) is 4.99 Å². The van der Waals surface area contributed by atoms with Gasteiger partial charge in [-0.05, 0) is 30.5 Å². The zero-order valence-electron chi connectivity index (χ0n) is 18.2. The molecule has 0 bridgehead atoms. The molecule has 4 heteroatoms. The predicted octanol–water partition coefficient (Wildman–Crippen LogP) is 6.20. The molecule has 160 valence electrons. The molecule has 2 aromatic carbocycles. The van der Waals surface area contributed by atoms with Gasteiger partial charge in [-0.2, -0.15) is 0 Å². The van der Waals surface area contributed by atoms with Crippen LogP contribution in [-0.4, -0.2) is 16.9 Å². The smallest absolute Gasteiger partial charge is 0.133 e. The molecule has 0 saturated heterocycles. The van der Waals surface area contributed by atoms with Gasteiger partial charge in [-0.25, -0.2) is 4.99 Å². The average molecular weight is 438 g/mol. The normalized spacial score (nSPS) is 24.3. The van der Waals surface area contributed by atoms with Crippen LogP contribution in [-0.2, 0) is 6.54 Å². The molecule has 0 amide bonds. The number of fused-ring (bicyclic) bond motifs is 3. The van der Waals surface area contributed by atoms with Crippen LogP contribution in [0.2, 0.25) is 0 Å². The van der Waals surface area contributed by atoms with Gasteiger partial charge < -0.3 is 5.73 Å². The van der Waals surface area contributed by atoms with Crippen LogP contribution in [0.5, 0.6) is 0 Å². The van der Waals surface area contributed by atoms with E-state index in [4.69, 9.17) is 15.7 Å². The van der Waals surface area contributed by atoms with Crippen LogP contribution in [0.25, 0.3) is 0 Å². The number of hydrogen-bond acceptors (Lipinski definition) is 2. The second-order valence-electron chi connectivity index (χ2n) is 8.44. The molecule has 2 aliphatic carbocycles. The Morgan fingerprint density at radius 1 is 1.06 bits per heavy atom. The Bertz CT molecular complexity index is 1180. The second-order valence-corrected chi connectivity index (χ2v) is 9.66. The van der Waals surface area contributed by atoms with E-state index >= 15 is 0 Å². The van der Waals surface area contributed by atoms with Crippen molar-refractivity contribution in [1.82, 2.24) is 0 Å². The van der Waals surface area contributed by atoms with Crippen molar-refractivity contribution in [2.75, 3.05) is 0 Å². The first-order chi connectivity index (χ1) is 15.7. The highest BCUT2D eigenvalue weighted by atomic mass is 32.2. The molecule has 3 atom stereocenters. The summed E-state index contributed by atoms with van der Waals surface area (Å²) < 4.78 is 0. The van der Waals surface area contributed by atoms with Crippen molar-refractivity contribution in [3.63, 3.8) is 0 Å². The lowest BCUT2D eigenvalue weighted by Crippen LogP contribution is -2.20. The summed E-state index contributed by atoms with van der Waals surface area (Å²) in [4.78, 5) is 11.1. The fraction of sp³-hybridized carbons (Fsp3) is 0.214. The molecule has 2 aromatic rings. The number of amidine groups is 2. The number of aliphatic imine (C=N–C) groups is 2. The van der Waals surface area contributed by atoms with Gasteiger partial charge in [0.15, 0.2) is 0 Å². The van der Waals surface area contributed by atoms with Crippen LogP contribution < -0.4 is 5.73 Å². The lowest BCUT2D eigenvalue weighted by Gasteiger charge is -2.16. The van der Waals surface area contributed by atoms with Gasteiger partial charge in [-0.15, -0.1) is 11.8 Å². The van der Waals surface area contributed by atoms with Gasteiger partial charge >= 0.3 is 0 Å². The second kappa shape index (κ2) is 9.17. The molecule has 3 nitrogen and oxygen atoms in total. The Hall–Kier alpha value is -3.11. The van der Waals surface area contributed by atoms with Gasteiger partial charge in [-0.1, -0.05) is 90.6 Å². The highest BCUT2D eigenvalue weighted by Gasteiger charge is 2.30. The lowest BCUT2D eigenvalue weighted by molar-refractivity contribution is 0.835. The van der Waals surface area contributed by atoms with E-state index in [0.717, 1.165) is 17.8 Å². The maximum atomic E-state index is 6.35. The fourth-order valence-electron chi connectivity index (χ4n) is 4.30. The SMILES string of the molecule is CC1=CCC(C(N=C(N)c2ccccc2)=NCc2ccc3c(c2)SC2C=CC=CC32)C=C1. The fourth-order valence-corrected chi connectivity index (χ4v) is 5.71. The maximum absolute atomic E-state index is 6.35. The molecule has 3 aliphatic rings. The van der Waals surface area contributed by atoms with Crippen molar-refractivity contribution in [2.45, 2.75) is 36.0 Å². The molecular weight excluding hydrogens is 410 g/mol. The average Bonchev–Trinajstić information content (AvgIpc) is 3.20. The van der Waals surface area contributed by atoms with Gasteiger partial charge in [0, 0.05) is 27.5 Å². The van der Waals surface area contributed by atoms with Gasteiger partial charge in [0.1, 0.15) is 11.7 Å². The van der Waals surface area contributed by atoms with Crippen LogP contribution >= 0.6 is 11.8 Å². The molecule has 1 heterocycles. The van der Waals surface area contributed by atoms with E-state index in [2.05, 4.69) is 67.7 Å². The molecular formula is C28H27N3S. The minimum absolute atomic E-state index is 0.142. The summed E-state index contributed by atoms with van der Waals surface area (Å²) >= 11 is 1.95. The maximum Gasteiger partial charge on any atom is 0.133 e. The van der Waals surface area contributed by atoms with E-state index in [1.807, 2.05) is 42.1 Å². The first-order valence-electron chi connectivity index (χ1n) is 11.1. The Labute approximate surface area is 194 Å². The zero-order chi connectivity index (χ0) is 21.9. The molecule has 2 N–H and O–H groups in total. The Morgan fingerprint density at radius 2 is 1.91 bits per heavy atom. The van der Waals surface area contributed by atoms with E-state index < -0.39 is 0 Å². The van der Waals surface area contributed by atoms with Crippen LogP contribution in [0.15, 0.2) is 112 Å². The number of hydrogen-bond donors (Lipinski definition) is 1. The molecule has 32 heavy (non-hydrogen) atoms. The van der Waals surface area contributed by atoms with Crippen LogP contribution in [0.4, 0.5) is 0 Å². The number of rotatable bonds is 4. The molecule has 0 saturated carbocycles. The molecule has 1 aliphatic heterocycles. The van der Waals surface area contributed by atoms with Crippen LogP contribution in [0.3, 0.4) is 0 Å². The largest absolute Gasteiger partial charge is 0.383 e. The minimum atomic E-state index is 0.142. The molecule has 0 radical (unpaired) electrons. The van der Waals surface area contributed by atoms with Crippen molar-refractivity contribution in [3.05, 3.63) is 113 Å². The van der Waals surface area contributed by atoms with E-state index in [-0.39, 0.29) is 5.92 Å². The summed E-state index contributed by atoms with van der Waals surface area (Å²) in [6, 6.07) is 16.7. The van der Waals surface area contributed by atoms with Crippen LogP contribution in [0, 0.1) is 5.92 Å². The summed E-state index contributed by atoms with van der Waals surface area (Å²) in [6.07, 6.45) is 16.4. The number of benzene rings is 2. The molecule has 0 spiro atoms. The number of allylic oxidation sites excluding steroid dienone is 6.